The Morgan fingerprint density at radius 1 is 1.38 bits per heavy atom. The van der Waals surface area contributed by atoms with Gasteiger partial charge in [-0.2, -0.15) is 8.42 Å². The zero-order valence-corrected chi connectivity index (χ0v) is 10.0. The van der Waals surface area contributed by atoms with Gasteiger partial charge in [0.2, 0.25) is 4.75 Å². The maximum absolute atomic E-state index is 11.4. The van der Waals surface area contributed by atoms with Crippen molar-refractivity contribution in [2.75, 3.05) is 13.7 Å². The van der Waals surface area contributed by atoms with Crippen molar-refractivity contribution in [2.45, 2.75) is 25.0 Å². The standard InChI is InChI=1S/C8H14O7S/c1-4-15-7(10)8(2,16(11,12)13)5-6(9)14-3/h4-5H2,1-3H3,(H,11,12,13). The quantitative estimate of drug-likeness (QED) is 0.532. The lowest BCUT2D eigenvalue weighted by Gasteiger charge is -2.22. The number of rotatable bonds is 5. The summed E-state index contributed by atoms with van der Waals surface area (Å²) >= 11 is 0. The molecule has 0 aromatic rings. The topological polar surface area (TPSA) is 107 Å². The first-order valence-electron chi connectivity index (χ1n) is 4.40. The highest BCUT2D eigenvalue weighted by molar-refractivity contribution is 7.88. The average molecular weight is 254 g/mol. The van der Waals surface area contributed by atoms with Gasteiger partial charge in [0, 0.05) is 0 Å². The first-order valence-corrected chi connectivity index (χ1v) is 5.84. The zero-order chi connectivity index (χ0) is 13.0. The Balaban J connectivity index is 5.21. The zero-order valence-electron chi connectivity index (χ0n) is 9.22. The van der Waals surface area contributed by atoms with E-state index in [2.05, 4.69) is 9.47 Å². The molecule has 0 spiro atoms. The van der Waals surface area contributed by atoms with Crippen LogP contribution in [0.4, 0.5) is 0 Å². The number of carbonyl (C=O) groups excluding carboxylic acids is 2. The van der Waals surface area contributed by atoms with Gasteiger partial charge in [-0.1, -0.05) is 0 Å². The number of carbonyl (C=O) groups is 2. The maximum Gasteiger partial charge on any atom is 0.330 e. The molecule has 16 heavy (non-hydrogen) atoms. The Morgan fingerprint density at radius 3 is 2.19 bits per heavy atom. The fourth-order valence-electron chi connectivity index (χ4n) is 0.900. The van der Waals surface area contributed by atoms with Gasteiger partial charge in [-0.15, -0.1) is 0 Å². The fraction of sp³-hybridized carbons (Fsp3) is 0.750. The van der Waals surface area contributed by atoms with Crippen LogP contribution < -0.4 is 0 Å². The van der Waals surface area contributed by atoms with Crippen molar-refractivity contribution < 1.29 is 32.0 Å². The molecule has 0 aromatic carbocycles. The second-order valence-corrected chi connectivity index (χ2v) is 5.03. The molecule has 8 heteroatoms. The summed E-state index contributed by atoms with van der Waals surface area (Å²) in [5.74, 6) is -2.13. The van der Waals surface area contributed by atoms with E-state index in [0.29, 0.717) is 0 Å². The van der Waals surface area contributed by atoms with Crippen molar-refractivity contribution in [2.24, 2.45) is 0 Å². The number of hydrogen-bond donors (Lipinski definition) is 1. The molecule has 0 heterocycles. The molecule has 0 bridgehead atoms. The summed E-state index contributed by atoms with van der Waals surface area (Å²) in [6.07, 6.45) is -0.804. The molecule has 7 nitrogen and oxygen atoms in total. The van der Waals surface area contributed by atoms with Crippen LogP contribution in [0, 0.1) is 0 Å². The van der Waals surface area contributed by atoms with Crippen molar-refractivity contribution in [3.8, 4) is 0 Å². The fourth-order valence-corrected chi connectivity index (χ4v) is 1.47. The number of hydrogen-bond acceptors (Lipinski definition) is 6. The molecular weight excluding hydrogens is 240 g/mol. The summed E-state index contributed by atoms with van der Waals surface area (Å²) < 4.78 is 37.5. The van der Waals surface area contributed by atoms with Crippen molar-refractivity contribution in [1.29, 1.82) is 0 Å². The minimum Gasteiger partial charge on any atom is -0.469 e. The molecule has 0 saturated carbocycles. The average Bonchev–Trinajstić information content (AvgIpc) is 2.16. The molecule has 0 aliphatic carbocycles. The van der Waals surface area contributed by atoms with Gasteiger partial charge in [-0.25, -0.2) is 0 Å². The Kier molecular flexibility index (Phi) is 4.88. The predicted molar refractivity (Wildman–Crippen MR) is 53.2 cm³/mol. The molecule has 1 unspecified atom stereocenters. The van der Waals surface area contributed by atoms with E-state index in [1.54, 1.807) is 0 Å². The van der Waals surface area contributed by atoms with Gasteiger partial charge in [0.25, 0.3) is 10.1 Å². The highest BCUT2D eigenvalue weighted by atomic mass is 32.2. The van der Waals surface area contributed by atoms with Gasteiger partial charge in [0.05, 0.1) is 20.1 Å². The van der Waals surface area contributed by atoms with Gasteiger partial charge >= 0.3 is 11.9 Å². The van der Waals surface area contributed by atoms with Crippen LogP contribution in [-0.2, 0) is 29.2 Å². The van der Waals surface area contributed by atoms with E-state index in [9.17, 15) is 18.0 Å². The second kappa shape index (κ2) is 5.26. The molecule has 1 N–H and O–H groups in total. The summed E-state index contributed by atoms with van der Waals surface area (Å²) in [5, 5.41) is 0. The van der Waals surface area contributed by atoms with Crippen LogP contribution >= 0.6 is 0 Å². The molecule has 1 atom stereocenters. The number of ether oxygens (including phenoxy) is 2. The summed E-state index contributed by atoms with van der Waals surface area (Å²) in [5.41, 5.74) is 0. The van der Waals surface area contributed by atoms with Crippen LogP contribution in [0.3, 0.4) is 0 Å². The summed E-state index contributed by atoms with van der Waals surface area (Å²) in [7, 11) is -3.73. The monoisotopic (exact) mass is 254 g/mol. The molecule has 0 aromatic heterocycles. The van der Waals surface area contributed by atoms with Crippen LogP contribution in [-0.4, -0.2) is 43.4 Å². The highest BCUT2D eigenvalue weighted by Gasteiger charge is 2.49. The van der Waals surface area contributed by atoms with Gasteiger partial charge in [0.1, 0.15) is 0 Å². The van der Waals surface area contributed by atoms with Crippen LogP contribution in [0.2, 0.25) is 0 Å². The number of methoxy groups -OCH3 is 1. The van der Waals surface area contributed by atoms with E-state index >= 15 is 0 Å². The number of esters is 2. The first kappa shape index (κ1) is 14.8. The molecule has 0 aliphatic rings. The maximum atomic E-state index is 11.4. The van der Waals surface area contributed by atoms with E-state index in [-0.39, 0.29) is 6.61 Å². The SMILES string of the molecule is CCOC(=O)C(C)(CC(=O)OC)S(=O)(=O)O. The molecule has 0 fully saturated rings. The van der Waals surface area contributed by atoms with E-state index in [1.165, 1.54) is 6.92 Å². The second-order valence-electron chi connectivity index (χ2n) is 3.18. The van der Waals surface area contributed by atoms with Crippen molar-refractivity contribution >= 4 is 22.1 Å². The van der Waals surface area contributed by atoms with Gasteiger partial charge in [-0.05, 0) is 13.8 Å². The molecule has 0 amide bonds. The third kappa shape index (κ3) is 3.17. The Morgan fingerprint density at radius 2 is 1.88 bits per heavy atom. The summed E-state index contributed by atoms with van der Waals surface area (Å²) in [6, 6.07) is 0. The Bertz CT molecular complexity index is 372. The van der Waals surface area contributed by atoms with E-state index < -0.39 is 33.2 Å². The largest absolute Gasteiger partial charge is 0.469 e. The molecular formula is C8H14O7S. The summed E-state index contributed by atoms with van der Waals surface area (Å²) in [4.78, 5) is 22.4. The van der Waals surface area contributed by atoms with Crippen LogP contribution in [0.25, 0.3) is 0 Å². The third-order valence-corrected chi connectivity index (χ3v) is 3.44. The van der Waals surface area contributed by atoms with Crippen molar-refractivity contribution in [1.82, 2.24) is 0 Å². The minimum atomic E-state index is -4.77. The normalized spacial score (nSPS) is 15.0. The molecule has 0 aliphatic heterocycles. The molecule has 94 valence electrons. The van der Waals surface area contributed by atoms with Crippen LogP contribution in [0.1, 0.15) is 20.3 Å². The Labute approximate surface area is 93.5 Å². The van der Waals surface area contributed by atoms with Gasteiger partial charge in [-0.3, -0.25) is 14.1 Å². The Hall–Kier alpha value is -1.15. The minimum absolute atomic E-state index is 0.0644. The lowest BCUT2D eigenvalue weighted by atomic mass is 10.1. The predicted octanol–water partition coefficient (Wildman–Crippen LogP) is -0.241. The van der Waals surface area contributed by atoms with Gasteiger partial charge < -0.3 is 9.47 Å². The lowest BCUT2D eigenvalue weighted by Crippen LogP contribution is -2.46. The first-order chi connectivity index (χ1) is 7.19. The molecule has 0 radical (unpaired) electrons. The summed E-state index contributed by atoms with van der Waals surface area (Å²) in [6.45, 7) is 2.31. The van der Waals surface area contributed by atoms with Crippen molar-refractivity contribution in [3.63, 3.8) is 0 Å². The third-order valence-electron chi connectivity index (χ3n) is 1.99. The van der Waals surface area contributed by atoms with Gasteiger partial charge in [0.15, 0.2) is 0 Å². The van der Waals surface area contributed by atoms with E-state index in [1.807, 2.05) is 0 Å². The highest BCUT2D eigenvalue weighted by Crippen LogP contribution is 2.23. The van der Waals surface area contributed by atoms with Crippen LogP contribution in [0.5, 0.6) is 0 Å². The smallest absolute Gasteiger partial charge is 0.330 e. The lowest BCUT2D eigenvalue weighted by molar-refractivity contribution is -0.151. The molecule has 0 rings (SSSR count). The van der Waals surface area contributed by atoms with Crippen molar-refractivity contribution in [3.05, 3.63) is 0 Å². The molecule has 0 saturated heterocycles. The van der Waals surface area contributed by atoms with Crippen LogP contribution in [0.15, 0.2) is 0 Å². The van der Waals surface area contributed by atoms with E-state index in [4.69, 9.17) is 4.55 Å². The van der Waals surface area contributed by atoms with E-state index in [0.717, 1.165) is 14.0 Å².